The number of para-hydroxylation sites is 2. The minimum atomic E-state index is 0.145. The average molecular weight is 369 g/mol. The van der Waals surface area contributed by atoms with Gasteiger partial charge in [-0.25, -0.2) is 4.98 Å². The van der Waals surface area contributed by atoms with Gasteiger partial charge in [0.15, 0.2) is 0 Å². The van der Waals surface area contributed by atoms with Crippen molar-refractivity contribution < 1.29 is 9.53 Å². The van der Waals surface area contributed by atoms with E-state index < -0.39 is 0 Å². The lowest BCUT2D eigenvalue weighted by molar-refractivity contribution is 0.0677. The molecule has 1 saturated heterocycles. The smallest absolute Gasteiger partial charge is 0.263 e. The third kappa shape index (κ3) is 3.66. The predicted molar refractivity (Wildman–Crippen MR) is 103 cm³/mol. The van der Waals surface area contributed by atoms with Crippen LogP contribution in [-0.4, -0.2) is 41.0 Å². The molecule has 0 saturated carbocycles. The van der Waals surface area contributed by atoms with Crippen LogP contribution in [0.15, 0.2) is 36.4 Å². The van der Waals surface area contributed by atoms with E-state index in [1.165, 1.54) is 11.3 Å². The number of thiophene rings is 1. The van der Waals surface area contributed by atoms with E-state index >= 15 is 0 Å². The maximum Gasteiger partial charge on any atom is 0.263 e. The Kier molecular flexibility index (Phi) is 5.04. The second-order valence-corrected chi connectivity index (χ2v) is 8.03. The molecule has 0 aliphatic carbocycles. The zero-order valence-electron chi connectivity index (χ0n) is 14.9. The fourth-order valence-corrected chi connectivity index (χ4v) is 4.61. The maximum absolute atomic E-state index is 12.8. The Morgan fingerprint density at radius 1 is 1.35 bits per heavy atom. The van der Waals surface area contributed by atoms with E-state index in [0.29, 0.717) is 12.5 Å². The van der Waals surface area contributed by atoms with Gasteiger partial charge in [-0.05, 0) is 43.0 Å². The van der Waals surface area contributed by atoms with Crippen molar-refractivity contribution in [2.24, 2.45) is 5.92 Å². The van der Waals surface area contributed by atoms with Gasteiger partial charge >= 0.3 is 0 Å². The number of nitrogens with zero attached hydrogens (tertiary/aromatic N) is 2. The van der Waals surface area contributed by atoms with E-state index in [2.05, 4.69) is 16.0 Å². The van der Waals surface area contributed by atoms with Crippen molar-refractivity contribution in [3.05, 3.63) is 52.0 Å². The van der Waals surface area contributed by atoms with Gasteiger partial charge in [0.25, 0.3) is 5.91 Å². The largest absolute Gasteiger partial charge is 0.379 e. The molecule has 1 aromatic carbocycles. The molecule has 0 spiro atoms. The van der Waals surface area contributed by atoms with E-state index in [1.54, 1.807) is 7.11 Å². The number of aromatic nitrogens is 2. The Hall–Kier alpha value is -2.18. The number of hydrogen-bond donors (Lipinski definition) is 1. The van der Waals surface area contributed by atoms with Crippen LogP contribution in [0.1, 0.15) is 33.2 Å². The van der Waals surface area contributed by atoms with E-state index in [4.69, 9.17) is 4.74 Å². The molecule has 26 heavy (non-hydrogen) atoms. The summed E-state index contributed by atoms with van der Waals surface area (Å²) in [6.45, 7) is 2.20. The van der Waals surface area contributed by atoms with Gasteiger partial charge in [0, 0.05) is 31.5 Å². The minimum Gasteiger partial charge on any atom is -0.379 e. The summed E-state index contributed by atoms with van der Waals surface area (Å²) in [6.07, 6.45) is 3.07. The number of ether oxygens (including phenoxy) is 1. The number of carbonyl (C=O) groups excluding carboxylic acids is 1. The van der Waals surface area contributed by atoms with Gasteiger partial charge in [-0.2, -0.15) is 0 Å². The van der Waals surface area contributed by atoms with E-state index in [1.807, 2.05) is 35.2 Å². The molecule has 2 aromatic heterocycles. The molecule has 1 aliphatic rings. The summed E-state index contributed by atoms with van der Waals surface area (Å²) in [6, 6.07) is 12.0. The lowest BCUT2D eigenvalue weighted by Gasteiger charge is -2.32. The quantitative estimate of drug-likeness (QED) is 0.743. The van der Waals surface area contributed by atoms with Gasteiger partial charge in [0.1, 0.15) is 5.82 Å². The van der Waals surface area contributed by atoms with Crippen molar-refractivity contribution in [3.8, 4) is 0 Å². The molecule has 5 nitrogen and oxygen atoms in total. The fourth-order valence-electron chi connectivity index (χ4n) is 3.66. The van der Waals surface area contributed by atoms with Crippen LogP contribution in [0.25, 0.3) is 11.0 Å². The third-order valence-electron chi connectivity index (χ3n) is 4.89. The highest BCUT2D eigenvalue weighted by Crippen LogP contribution is 2.25. The van der Waals surface area contributed by atoms with Crippen molar-refractivity contribution in [2.45, 2.75) is 25.9 Å². The third-order valence-corrected chi connectivity index (χ3v) is 5.93. The lowest BCUT2D eigenvalue weighted by Crippen LogP contribution is -2.40. The van der Waals surface area contributed by atoms with Crippen molar-refractivity contribution in [3.63, 3.8) is 0 Å². The molecule has 1 aliphatic heterocycles. The number of methoxy groups -OCH3 is 1. The molecule has 136 valence electrons. The number of aromatic amines is 1. The molecule has 0 bridgehead atoms. The van der Waals surface area contributed by atoms with Gasteiger partial charge in [0.05, 0.1) is 22.5 Å². The molecule has 6 heteroatoms. The number of hydrogen-bond acceptors (Lipinski definition) is 4. The van der Waals surface area contributed by atoms with Crippen molar-refractivity contribution in [1.82, 2.24) is 14.9 Å². The van der Waals surface area contributed by atoms with Gasteiger partial charge < -0.3 is 14.6 Å². The Morgan fingerprint density at radius 3 is 3.08 bits per heavy atom. The average Bonchev–Trinajstić information content (AvgIpc) is 3.28. The summed E-state index contributed by atoms with van der Waals surface area (Å²) in [7, 11) is 1.68. The minimum absolute atomic E-state index is 0.145. The number of benzene rings is 1. The van der Waals surface area contributed by atoms with Crippen LogP contribution in [-0.2, 0) is 17.8 Å². The number of imidazole rings is 1. The van der Waals surface area contributed by atoms with Gasteiger partial charge in [-0.1, -0.05) is 12.1 Å². The Balaban J connectivity index is 1.42. The zero-order chi connectivity index (χ0) is 17.9. The molecule has 1 N–H and O–H groups in total. The molecule has 4 rings (SSSR count). The van der Waals surface area contributed by atoms with Crippen LogP contribution in [0.3, 0.4) is 0 Å². The van der Waals surface area contributed by atoms with Gasteiger partial charge in [-0.3, -0.25) is 4.79 Å². The molecule has 3 aromatic rings. The fraction of sp³-hybridized carbons (Fsp3) is 0.400. The highest BCUT2D eigenvalue weighted by molar-refractivity contribution is 7.14. The highest BCUT2D eigenvalue weighted by atomic mass is 32.1. The molecule has 1 amide bonds. The topological polar surface area (TPSA) is 58.2 Å². The first-order valence-corrected chi connectivity index (χ1v) is 9.85. The van der Waals surface area contributed by atoms with Gasteiger partial charge in [0.2, 0.25) is 0 Å². The van der Waals surface area contributed by atoms with Gasteiger partial charge in [-0.15, -0.1) is 11.3 Å². The molecule has 0 unspecified atom stereocenters. The number of likely N-dealkylation sites (tertiary alicyclic amines) is 1. The SMILES string of the molecule is COCc1ccc(C(=O)N2CCC[C@@H](Cc3nc4ccccc4[nH]3)C2)s1. The first-order chi connectivity index (χ1) is 12.7. The van der Waals surface area contributed by atoms with Crippen LogP contribution in [0.2, 0.25) is 0 Å². The molecule has 3 heterocycles. The summed E-state index contributed by atoms with van der Waals surface area (Å²) in [5.74, 6) is 1.61. The summed E-state index contributed by atoms with van der Waals surface area (Å²) < 4.78 is 5.15. The monoisotopic (exact) mass is 369 g/mol. The number of amides is 1. The van der Waals surface area contributed by atoms with Crippen molar-refractivity contribution in [1.29, 1.82) is 0 Å². The maximum atomic E-state index is 12.8. The number of nitrogens with one attached hydrogen (secondary N) is 1. The zero-order valence-corrected chi connectivity index (χ0v) is 15.7. The molecule has 0 radical (unpaired) electrons. The molecule has 1 atom stereocenters. The van der Waals surface area contributed by atoms with E-state index in [-0.39, 0.29) is 5.91 Å². The Morgan fingerprint density at radius 2 is 2.23 bits per heavy atom. The van der Waals surface area contributed by atoms with E-state index in [0.717, 1.165) is 59.0 Å². The Bertz CT molecular complexity index is 868. The summed E-state index contributed by atoms with van der Waals surface area (Å²) in [4.78, 5) is 24.8. The molecular formula is C20H23N3O2S. The predicted octanol–water partition coefficient (Wildman–Crippen LogP) is 3.87. The summed E-state index contributed by atoms with van der Waals surface area (Å²) in [5, 5.41) is 0. The standard InChI is InChI=1S/C20H23N3O2S/c1-25-13-15-8-9-18(26-15)20(24)23-10-4-5-14(12-23)11-19-21-16-6-2-3-7-17(16)22-19/h2-3,6-9,14H,4-5,10-13H2,1H3,(H,21,22)/t14-/m0/s1. The first-order valence-electron chi connectivity index (χ1n) is 9.03. The van der Waals surface area contributed by atoms with Crippen LogP contribution >= 0.6 is 11.3 Å². The van der Waals surface area contributed by atoms with Crippen LogP contribution in [0.4, 0.5) is 0 Å². The first kappa shape index (κ1) is 17.2. The normalized spacial score (nSPS) is 17.7. The highest BCUT2D eigenvalue weighted by Gasteiger charge is 2.26. The number of fused-ring (bicyclic) bond motifs is 1. The van der Waals surface area contributed by atoms with Crippen molar-refractivity contribution >= 4 is 28.3 Å². The van der Waals surface area contributed by atoms with Crippen LogP contribution in [0, 0.1) is 5.92 Å². The molecule has 1 fully saturated rings. The number of rotatable bonds is 5. The summed E-state index contributed by atoms with van der Waals surface area (Å²) >= 11 is 1.53. The van der Waals surface area contributed by atoms with E-state index in [9.17, 15) is 4.79 Å². The van der Waals surface area contributed by atoms with Crippen molar-refractivity contribution in [2.75, 3.05) is 20.2 Å². The number of H-pyrrole nitrogens is 1. The second-order valence-electron chi connectivity index (χ2n) is 6.86. The van der Waals surface area contributed by atoms with Crippen LogP contribution in [0.5, 0.6) is 0 Å². The molecular weight excluding hydrogens is 346 g/mol. The summed E-state index contributed by atoms with van der Waals surface area (Å²) in [5.41, 5.74) is 2.09. The number of carbonyl (C=O) groups is 1. The lowest BCUT2D eigenvalue weighted by atomic mass is 9.94. The van der Waals surface area contributed by atoms with Crippen LogP contribution < -0.4 is 0 Å². The Labute approximate surface area is 157 Å². The second kappa shape index (κ2) is 7.60. The number of piperidine rings is 1.